The lowest BCUT2D eigenvalue weighted by Crippen LogP contribution is -2.28. The highest BCUT2D eigenvalue weighted by Crippen LogP contribution is 2.20. The van der Waals surface area contributed by atoms with E-state index in [0.717, 1.165) is 5.56 Å². The Labute approximate surface area is 125 Å². The molecule has 0 aliphatic rings. The maximum Gasteiger partial charge on any atom is 0.306 e. The lowest BCUT2D eigenvalue weighted by Gasteiger charge is -2.14. The van der Waals surface area contributed by atoms with Crippen molar-refractivity contribution in [3.63, 3.8) is 0 Å². The van der Waals surface area contributed by atoms with Gasteiger partial charge in [-0.2, -0.15) is 0 Å². The van der Waals surface area contributed by atoms with Crippen LogP contribution >= 0.6 is 0 Å². The first kappa shape index (κ1) is 15.3. The van der Waals surface area contributed by atoms with Crippen molar-refractivity contribution < 1.29 is 9.90 Å². The molecular formula is C18H21NO2. The molecule has 2 rings (SSSR count). The summed E-state index contributed by atoms with van der Waals surface area (Å²) in [6, 6.07) is 18.4. The zero-order chi connectivity index (χ0) is 15.2. The van der Waals surface area contributed by atoms with Crippen LogP contribution in [0.2, 0.25) is 0 Å². The van der Waals surface area contributed by atoms with Gasteiger partial charge >= 0.3 is 5.97 Å². The minimum Gasteiger partial charge on any atom is -0.481 e. The van der Waals surface area contributed by atoms with Gasteiger partial charge in [-0.1, -0.05) is 61.5 Å². The van der Waals surface area contributed by atoms with Crippen LogP contribution in [0.5, 0.6) is 0 Å². The van der Waals surface area contributed by atoms with Crippen LogP contribution in [0.1, 0.15) is 18.9 Å². The number of carboxylic acids is 1. The summed E-state index contributed by atoms with van der Waals surface area (Å²) in [6.07, 6.45) is 1.20. The van der Waals surface area contributed by atoms with Crippen molar-refractivity contribution in [3.8, 4) is 11.1 Å². The van der Waals surface area contributed by atoms with Gasteiger partial charge in [0.1, 0.15) is 0 Å². The zero-order valence-electron chi connectivity index (χ0n) is 12.2. The quantitative estimate of drug-likeness (QED) is 0.854. The van der Waals surface area contributed by atoms with E-state index < -0.39 is 11.9 Å². The lowest BCUT2D eigenvalue weighted by atomic mass is 9.96. The van der Waals surface area contributed by atoms with E-state index in [2.05, 4.69) is 36.4 Å². The standard InChI is InChI=1S/C18H21NO2/c1-13(18(20)21)11-17(19)12-14-7-9-16(10-8-14)15-5-3-2-4-6-15/h2-10,13,17H,11-12,19H2,1H3,(H,20,21)/t13-,17-/m1/s1. The Hall–Kier alpha value is -2.13. The van der Waals surface area contributed by atoms with E-state index in [1.54, 1.807) is 6.92 Å². The van der Waals surface area contributed by atoms with Gasteiger partial charge in [-0.05, 0) is 29.5 Å². The third-order valence-electron chi connectivity index (χ3n) is 3.64. The van der Waals surface area contributed by atoms with Crippen molar-refractivity contribution in [3.05, 3.63) is 60.2 Å². The molecule has 2 atom stereocenters. The first-order chi connectivity index (χ1) is 10.1. The van der Waals surface area contributed by atoms with Gasteiger partial charge in [0.15, 0.2) is 0 Å². The fraction of sp³-hybridized carbons (Fsp3) is 0.278. The second kappa shape index (κ2) is 7.04. The van der Waals surface area contributed by atoms with Gasteiger partial charge < -0.3 is 10.8 Å². The number of carboxylic acid groups (broad SMARTS) is 1. The smallest absolute Gasteiger partial charge is 0.306 e. The third-order valence-corrected chi connectivity index (χ3v) is 3.64. The lowest BCUT2D eigenvalue weighted by molar-refractivity contribution is -0.141. The summed E-state index contributed by atoms with van der Waals surface area (Å²) in [5.41, 5.74) is 9.53. The van der Waals surface area contributed by atoms with Crippen LogP contribution in [0.3, 0.4) is 0 Å². The van der Waals surface area contributed by atoms with Gasteiger partial charge in [0.2, 0.25) is 0 Å². The molecule has 0 bridgehead atoms. The number of nitrogens with two attached hydrogens (primary N) is 1. The number of hydrogen-bond donors (Lipinski definition) is 2. The molecule has 3 N–H and O–H groups in total. The van der Waals surface area contributed by atoms with Crippen LogP contribution in [0.15, 0.2) is 54.6 Å². The Kier molecular flexibility index (Phi) is 5.12. The number of aliphatic carboxylic acids is 1. The fourth-order valence-corrected chi connectivity index (χ4v) is 2.40. The molecule has 3 heteroatoms. The van der Waals surface area contributed by atoms with Gasteiger partial charge in [0.05, 0.1) is 5.92 Å². The molecule has 0 unspecified atom stereocenters. The van der Waals surface area contributed by atoms with Crippen LogP contribution in [0.25, 0.3) is 11.1 Å². The summed E-state index contributed by atoms with van der Waals surface area (Å²) >= 11 is 0. The summed E-state index contributed by atoms with van der Waals surface area (Å²) in [6.45, 7) is 1.70. The number of carbonyl (C=O) groups is 1. The maximum absolute atomic E-state index is 10.8. The minimum absolute atomic E-state index is 0.126. The average molecular weight is 283 g/mol. The minimum atomic E-state index is -0.787. The number of rotatable bonds is 6. The van der Waals surface area contributed by atoms with Crippen molar-refractivity contribution >= 4 is 5.97 Å². The molecule has 0 radical (unpaired) electrons. The van der Waals surface area contributed by atoms with Crippen molar-refractivity contribution in [2.75, 3.05) is 0 Å². The van der Waals surface area contributed by atoms with Gasteiger partial charge in [-0.25, -0.2) is 0 Å². The summed E-state index contributed by atoms with van der Waals surface area (Å²) in [5, 5.41) is 8.90. The highest BCUT2D eigenvalue weighted by molar-refractivity contribution is 5.69. The monoisotopic (exact) mass is 283 g/mol. The number of hydrogen-bond acceptors (Lipinski definition) is 2. The molecule has 0 amide bonds. The summed E-state index contributed by atoms with van der Waals surface area (Å²) in [5.74, 6) is -1.19. The van der Waals surface area contributed by atoms with E-state index >= 15 is 0 Å². The van der Waals surface area contributed by atoms with E-state index in [9.17, 15) is 4.79 Å². The van der Waals surface area contributed by atoms with Crippen LogP contribution in [0, 0.1) is 5.92 Å². The van der Waals surface area contributed by atoms with Crippen molar-refractivity contribution in [1.82, 2.24) is 0 Å². The molecule has 21 heavy (non-hydrogen) atoms. The van der Waals surface area contributed by atoms with Gasteiger partial charge in [0, 0.05) is 6.04 Å². The third kappa shape index (κ3) is 4.43. The summed E-state index contributed by atoms with van der Waals surface area (Å²) in [4.78, 5) is 10.8. The molecule has 2 aromatic carbocycles. The van der Waals surface area contributed by atoms with Crippen LogP contribution in [-0.2, 0) is 11.2 Å². The predicted molar refractivity (Wildman–Crippen MR) is 85.0 cm³/mol. The molecule has 110 valence electrons. The Morgan fingerprint density at radius 2 is 1.62 bits per heavy atom. The first-order valence-corrected chi connectivity index (χ1v) is 7.19. The van der Waals surface area contributed by atoms with E-state index in [1.807, 2.05) is 18.2 Å². The van der Waals surface area contributed by atoms with Gasteiger partial charge in [0.25, 0.3) is 0 Å². The van der Waals surface area contributed by atoms with E-state index in [-0.39, 0.29) is 6.04 Å². The molecule has 0 fully saturated rings. The molecule has 0 aliphatic heterocycles. The molecule has 0 spiro atoms. The van der Waals surface area contributed by atoms with Crippen LogP contribution < -0.4 is 5.73 Å². The van der Waals surface area contributed by atoms with Crippen molar-refractivity contribution in [1.29, 1.82) is 0 Å². The SMILES string of the molecule is C[C@H](C[C@@H](N)Cc1ccc(-c2ccccc2)cc1)C(=O)O. The molecule has 0 aliphatic carbocycles. The second-order valence-electron chi connectivity index (χ2n) is 5.50. The molecular weight excluding hydrogens is 262 g/mol. The molecule has 0 saturated heterocycles. The Bertz CT molecular complexity index is 578. The van der Waals surface area contributed by atoms with Gasteiger partial charge in [-0.3, -0.25) is 4.79 Å². The van der Waals surface area contributed by atoms with E-state index in [0.29, 0.717) is 12.8 Å². The second-order valence-corrected chi connectivity index (χ2v) is 5.50. The Balaban J connectivity index is 1.98. The molecule has 0 aromatic heterocycles. The normalized spacial score (nSPS) is 13.6. The predicted octanol–water partition coefficient (Wildman–Crippen LogP) is 3.33. The van der Waals surface area contributed by atoms with E-state index in [1.165, 1.54) is 11.1 Å². The molecule has 0 saturated carbocycles. The van der Waals surface area contributed by atoms with Crippen molar-refractivity contribution in [2.24, 2.45) is 11.7 Å². The largest absolute Gasteiger partial charge is 0.481 e. The topological polar surface area (TPSA) is 63.3 Å². The summed E-state index contributed by atoms with van der Waals surface area (Å²) < 4.78 is 0. The van der Waals surface area contributed by atoms with E-state index in [4.69, 9.17) is 10.8 Å². The highest BCUT2D eigenvalue weighted by Gasteiger charge is 2.15. The number of benzene rings is 2. The average Bonchev–Trinajstić information content (AvgIpc) is 2.48. The molecule has 2 aromatic rings. The first-order valence-electron chi connectivity index (χ1n) is 7.19. The highest BCUT2D eigenvalue weighted by atomic mass is 16.4. The van der Waals surface area contributed by atoms with Crippen LogP contribution in [0.4, 0.5) is 0 Å². The van der Waals surface area contributed by atoms with Crippen LogP contribution in [-0.4, -0.2) is 17.1 Å². The Morgan fingerprint density at radius 3 is 2.19 bits per heavy atom. The molecule has 3 nitrogen and oxygen atoms in total. The maximum atomic E-state index is 10.8. The fourth-order valence-electron chi connectivity index (χ4n) is 2.40. The van der Waals surface area contributed by atoms with Gasteiger partial charge in [-0.15, -0.1) is 0 Å². The Morgan fingerprint density at radius 1 is 1.05 bits per heavy atom. The molecule has 0 heterocycles. The summed E-state index contributed by atoms with van der Waals surface area (Å²) in [7, 11) is 0. The zero-order valence-corrected chi connectivity index (χ0v) is 12.2. The van der Waals surface area contributed by atoms with Crippen molar-refractivity contribution in [2.45, 2.75) is 25.8 Å².